The lowest BCUT2D eigenvalue weighted by Gasteiger charge is -2.32. The summed E-state index contributed by atoms with van der Waals surface area (Å²) >= 11 is 0. The number of hydrogen-bond donors (Lipinski definition) is 0. The van der Waals surface area contributed by atoms with E-state index in [1.54, 1.807) is 31.4 Å². The van der Waals surface area contributed by atoms with E-state index in [-0.39, 0.29) is 24.5 Å². The first kappa shape index (κ1) is 18.1. The number of pyridine rings is 1. The predicted octanol–water partition coefficient (Wildman–Crippen LogP) is 3.46. The minimum atomic E-state index is -0.00678. The third-order valence-electron chi connectivity index (χ3n) is 5.00. The fraction of sp³-hybridized carbons (Fsp3) is 0.381. The van der Waals surface area contributed by atoms with Crippen molar-refractivity contribution in [2.75, 3.05) is 20.2 Å². The smallest absolute Gasteiger partial charge is 0.223 e. The molecule has 1 saturated heterocycles. The van der Waals surface area contributed by atoms with Gasteiger partial charge in [0.15, 0.2) is 5.78 Å². The summed E-state index contributed by atoms with van der Waals surface area (Å²) in [6.07, 6.45) is 6.07. The maximum Gasteiger partial charge on any atom is 0.223 e. The minimum absolute atomic E-state index is 0.00678. The molecule has 0 radical (unpaired) electrons. The van der Waals surface area contributed by atoms with E-state index in [2.05, 4.69) is 17.1 Å². The highest BCUT2D eigenvalue weighted by molar-refractivity contribution is 5.98. The third kappa shape index (κ3) is 4.48. The number of piperidine rings is 1. The number of carbonyl (C=O) groups excluding carboxylic acids is 2. The molecule has 1 aliphatic heterocycles. The second kappa shape index (κ2) is 8.61. The molecule has 0 atom stereocenters. The zero-order valence-corrected chi connectivity index (χ0v) is 15.1. The molecule has 3 rings (SSSR count). The number of nitrogens with zero attached hydrogens (tertiary/aromatic N) is 2. The number of rotatable bonds is 6. The van der Waals surface area contributed by atoms with E-state index in [0.29, 0.717) is 11.5 Å². The average molecular weight is 352 g/mol. The van der Waals surface area contributed by atoms with Gasteiger partial charge < -0.3 is 9.64 Å². The van der Waals surface area contributed by atoms with Crippen LogP contribution in [-0.2, 0) is 4.79 Å². The molecule has 0 N–H and O–H groups in total. The van der Waals surface area contributed by atoms with Crippen LogP contribution in [0, 0.1) is 0 Å². The molecule has 5 heteroatoms. The number of methoxy groups -OCH3 is 1. The van der Waals surface area contributed by atoms with Crippen molar-refractivity contribution in [2.24, 2.45) is 0 Å². The van der Waals surface area contributed by atoms with Crippen molar-refractivity contribution in [1.82, 2.24) is 9.88 Å². The summed E-state index contributed by atoms with van der Waals surface area (Å²) in [5, 5.41) is 0. The average Bonchev–Trinajstić information content (AvgIpc) is 2.72. The van der Waals surface area contributed by atoms with Gasteiger partial charge in [0.1, 0.15) is 5.75 Å². The molecule has 1 fully saturated rings. The molecule has 2 heterocycles. The Morgan fingerprint density at radius 2 is 1.69 bits per heavy atom. The number of aromatic nitrogens is 1. The molecule has 1 aromatic carbocycles. The molecule has 0 spiro atoms. The first-order valence-corrected chi connectivity index (χ1v) is 9.02. The number of hydrogen-bond acceptors (Lipinski definition) is 4. The Bertz CT molecular complexity index is 736. The van der Waals surface area contributed by atoms with Gasteiger partial charge in [-0.1, -0.05) is 0 Å². The maximum atomic E-state index is 12.4. The molecule has 0 unspecified atom stereocenters. The van der Waals surface area contributed by atoms with E-state index in [4.69, 9.17) is 4.74 Å². The minimum Gasteiger partial charge on any atom is -0.497 e. The quantitative estimate of drug-likeness (QED) is 0.747. The summed E-state index contributed by atoms with van der Waals surface area (Å²) in [5.74, 6) is 1.27. The summed E-state index contributed by atoms with van der Waals surface area (Å²) in [6.45, 7) is 1.51. The highest BCUT2D eigenvalue weighted by Gasteiger charge is 2.24. The van der Waals surface area contributed by atoms with Crippen LogP contribution in [-0.4, -0.2) is 41.8 Å². The van der Waals surface area contributed by atoms with Gasteiger partial charge in [-0.15, -0.1) is 0 Å². The first-order chi connectivity index (χ1) is 12.7. The van der Waals surface area contributed by atoms with Gasteiger partial charge in [-0.05, 0) is 60.7 Å². The summed E-state index contributed by atoms with van der Waals surface area (Å²) in [4.78, 5) is 30.6. The Labute approximate surface area is 154 Å². The fourth-order valence-electron chi connectivity index (χ4n) is 3.40. The molecule has 5 nitrogen and oxygen atoms in total. The topological polar surface area (TPSA) is 59.5 Å². The molecule has 0 saturated carbocycles. The molecule has 136 valence electrons. The van der Waals surface area contributed by atoms with Crippen molar-refractivity contribution in [1.29, 1.82) is 0 Å². The van der Waals surface area contributed by atoms with Crippen LogP contribution in [0.25, 0.3) is 0 Å². The second-order valence-corrected chi connectivity index (χ2v) is 6.59. The van der Waals surface area contributed by atoms with Crippen molar-refractivity contribution in [2.45, 2.75) is 31.6 Å². The zero-order valence-electron chi connectivity index (χ0n) is 15.1. The number of benzene rings is 1. The Kier molecular flexibility index (Phi) is 6.00. The largest absolute Gasteiger partial charge is 0.497 e. The van der Waals surface area contributed by atoms with Gasteiger partial charge >= 0.3 is 0 Å². The first-order valence-electron chi connectivity index (χ1n) is 9.02. The number of carbonyl (C=O) groups is 2. The number of amides is 1. The highest BCUT2D eigenvalue weighted by atomic mass is 16.5. The fourth-order valence-corrected chi connectivity index (χ4v) is 3.40. The van der Waals surface area contributed by atoms with Crippen LogP contribution in [0.1, 0.15) is 47.5 Å². The molecular weight excluding hydrogens is 328 g/mol. The van der Waals surface area contributed by atoms with Gasteiger partial charge in [0, 0.05) is 43.9 Å². The van der Waals surface area contributed by atoms with Gasteiger partial charge in [0.05, 0.1) is 7.11 Å². The van der Waals surface area contributed by atoms with Gasteiger partial charge in [-0.3, -0.25) is 14.6 Å². The van der Waals surface area contributed by atoms with Crippen molar-refractivity contribution in [3.63, 3.8) is 0 Å². The molecule has 1 aliphatic rings. The standard InChI is InChI=1S/C21H24N2O3/c1-26-19-4-2-18(3-5-19)20(24)6-7-21(25)23-14-10-17(11-15-23)16-8-12-22-13-9-16/h2-5,8-9,12-13,17H,6-7,10-11,14-15H2,1H3. The monoisotopic (exact) mass is 352 g/mol. The SMILES string of the molecule is COc1ccc(C(=O)CCC(=O)N2CCC(c3ccncc3)CC2)cc1. The van der Waals surface area contributed by atoms with E-state index >= 15 is 0 Å². The lowest BCUT2D eigenvalue weighted by atomic mass is 9.90. The van der Waals surface area contributed by atoms with Crippen LogP contribution < -0.4 is 4.74 Å². The molecule has 0 aliphatic carbocycles. The lowest BCUT2D eigenvalue weighted by Crippen LogP contribution is -2.38. The molecule has 26 heavy (non-hydrogen) atoms. The Morgan fingerprint density at radius 1 is 1.04 bits per heavy atom. The van der Waals surface area contributed by atoms with Crippen molar-refractivity contribution in [3.8, 4) is 5.75 Å². The summed E-state index contributed by atoms with van der Waals surface area (Å²) in [7, 11) is 1.59. The van der Waals surface area contributed by atoms with Crippen LogP contribution in [0.15, 0.2) is 48.8 Å². The van der Waals surface area contributed by atoms with Gasteiger partial charge in [-0.25, -0.2) is 0 Å². The molecule has 0 bridgehead atoms. The van der Waals surface area contributed by atoms with Gasteiger partial charge in [0.2, 0.25) is 5.91 Å². The highest BCUT2D eigenvalue weighted by Crippen LogP contribution is 2.27. The Hall–Kier alpha value is -2.69. The molecule has 2 aromatic rings. The van der Waals surface area contributed by atoms with E-state index in [0.717, 1.165) is 31.7 Å². The van der Waals surface area contributed by atoms with Gasteiger partial charge in [-0.2, -0.15) is 0 Å². The number of ether oxygens (including phenoxy) is 1. The Morgan fingerprint density at radius 3 is 2.31 bits per heavy atom. The lowest BCUT2D eigenvalue weighted by molar-refractivity contribution is -0.132. The number of likely N-dealkylation sites (tertiary alicyclic amines) is 1. The zero-order chi connectivity index (χ0) is 18.4. The van der Waals surface area contributed by atoms with Crippen LogP contribution in [0.4, 0.5) is 0 Å². The predicted molar refractivity (Wildman–Crippen MR) is 99.4 cm³/mol. The summed E-state index contributed by atoms with van der Waals surface area (Å²) in [6, 6.07) is 11.1. The maximum absolute atomic E-state index is 12.4. The summed E-state index contributed by atoms with van der Waals surface area (Å²) < 4.78 is 5.09. The summed E-state index contributed by atoms with van der Waals surface area (Å²) in [5.41, 5.74) is 1.91. The van der Waals surface area contributed by atoms with E-state index in [1.165, 1.54) is 5.56 Å². The van der Waals surface area contributed by atoms with E-state index in [9.17, 15) is 9.59 Å². The van der Waals surface area contributed by atoms with Crippen molar-refractivity contribution >= 4 is 11.7 Å². The second-order valence-electron chi connectivity index (χ2n) is 6.59. The van der Waals surface area contributed by atoms with E-state index < -0.39 is 0 Å². The van der Waals surface area contributed by atoms with Crippen LogP contribution in [0.2, 0.25) is 0 Å². The normalized spacial score (nSPS) is 14.9. The van der Waals surface area contributed by atoms with E-state index in [1.807, 2.05) is 17.3 Å². The van der Waals surface area contributed by atoms with Crippen molar-refractivity contribution < 1.29 is 14.3 Å². The molecule has 1 amide bonds. The van der Waals surface area contributed by atoms with Crippen molar-refractivity contribution in [3.05, 3.63) is 59.9 Å². The molecule has 1 aromatic heterocycles. The third-order valence-corrected chi connectivity index (χ3v) is 5.00. The number of ketones is 1. The van der Waals surface area contributed by atoms with Crippen LogP contribution >= 0.6 is 0 Å². The molecular formula is C21H24N2O3. The van der Waals surface area contributed by atoms with Crippen LogP contribution in [0.5, 0.6) is 5.75 Å². The van der Waals surface area contributed by atoms with Gasteiger partial charge in [0.25, 0.3) is 0 Å². The number of Topliss-reactive ketones (excluding diaryl/α,β-unsaturated/α-hetero) is 1. The van der Waals surface area contributed by atoms with Crippen LogP contribution in [0.3, 0.4) is 0 Å². The Balaban J connectivity index is 1.46.